The first-order valence-electron chi connectivity index (χ1n) is 6.77. The second-order valence-electron chi connectivity index (χ2n) is 4.95. The Morgan fingerprint density at radius 3 is 2.65 bits per heavy atom. The maximum absolute atomic E-state index is 5.94. The van der Waals surface area contributed by atoms with Crippen LogP contribution in [0, 0.1) is 6.92 Å². The molecule has 0 spiro atoms. The van der Waals surface area contributed by atoms with Crippen molar-refractivity contribution in [2.45, 2.75) is 40.0 Å². The van der Waals surface area contributed by atoms with Crippen molar-refractivity contribution in [3.8, 4) is 10.8 Å². The van der Waals surface area contributed by atoms with Gasteiger partial charge in [0.1, 0.15) is 10.2 Å². The fraction of sp³-hybridized carbons (Fsp3) is 0.500. The van der Waals surface area contributed by atoms with Crippen LogP contribution in [0.1, 0.15) is 44.4 Å². The first kappa shape index (κ1) is 15.2. The van der Waals surface area contributed by atoms with E-state index in [9.17, 15) is 0 Å². The molecule has 0 amide bonds. The Balaban J connectivity index is 2.48. The van der Waals surface area contributed by atoms with Crippen molar-refractivity contribution in [2.24, 2.45) is 0 Å². The molecule has 2 rings (SSSR count). The highest BCUT2D eigenvalue weighted by molar-refractivity contribution is 7.18. The molecule has 6 heteroatoms. The van der Waals surface area contributed by atoms with E-state index in [1.165, 1.54) is 16.9 Å². The van der Waals surface area contributed by atoms with Crippen LogP contribution in [0.25, 0.3) is 10.8 Å². The van der Waals surface area contributed by atoms with Crippen molar-refractivity contribution >= 4 is 28.8 Å². The molecule has 0 fully saturated rings. The van der Waals surface area contributed by atoms with Gasteiger partial charge < -0.3 is 5.32 Å². The highest BCUT2D eigenvalue weighted by Crippen LogP contribution is 2.31. The van der Waals surface area contributed by atoms with E-state index in [-0.39, 0.29) is 0 Å². The molecule has 0 aliphatic rings. The van der Waals surface area contributed by atoms with E-state index < -0.39 is 0 Å². The van der Waals surface area contributed by atoms with Crippen molar-refractivity contribution in [2.75, 3.05) is 11.9 Å². The summed E-state index contributed by atoms with van der Waals surface area (Å²) >= 11 is 7.34. The van der Waals surface area contributed by atoms with Gasteiger partial charge in [0, 0.05) is 17.8 Å². The summed E-state index contributed by atoms with van der Waals surface area (Å²) < 4.78 is 0.650. The van der Waals surface area contributed by atoms with E-state index in [2.05, 4.69) is 41.0 Å². The predicted molar refractivity (Wildman–Crippen MR) is 85.8 cm³/mol. The lowest BCUT2D eigenvalue weighted by atomic mass is 10.0. The number of nitrogens with one attached hydrogen (secondary N) is 1. The molecule has 0 unspecified atom stereocenters. The molecule has 2 aromatic heterocycles. The molecule has 2 heterocycles. The topological polar surface area (TPSA) is 50.7 Å². The van der Waals surface area contributed by atoms with Gasteiger partial charge in [-0.25, -0.2) is 15.0 Å². The average molecular weight is 311 g/mol. The number of thiazole rings is 1. The zero-order chi connectivity index (χ0) is 14.7. The molecular weight excluding hydrogens is 292 g/mol. The van der Waals surface area contributed by atoms with Gasteiger partial charge in [-0.3, -0.25) is 0 Å². The molecule has 0 radical (unpaired) electrons. The van der Waals surface area contributed by atoms with Crippen LogP contribution in [0.15, 0.2) is 6.20 Å². The number of hydrogen-bond donors (Lipinski definition) is 1. The summed E-state index contributed by atoms with van der Waals surface area (Å²) in [7, 11) is 0. The summed E-state index contributed by atoms with van der Waals surface area (Å²) in [6.07, 6.45) is 2.69. The van der Waals surface area contributed by atoms with Crippen molar-refractivity contribution in [3.05, 3.63) is 21.8 Å². The molecule has 0 bridgehead atoms. The monoisotopic (exact) mass is 310 g/mol. The zero-order valence-electron chi connectivity index (χ0n) is 12.2. The van der Waals surface area contributed by atoms with E-state index in [0.717, 1.165) is 29.5 Å². The fourth-order valence-corrected chi connectivity index (χ4v) is 2.95. The molecule has 4 nitrogen and oxygen atoms in total. The van der Waals surface area contributed by atoms with E-state index in [1.807, 2.05) is 6.92 Å². The van der Waals surface area contributed by atoms with Crippen LogP contribution in [-0.2, 0) is 0 Å². The highest BCUT2D eigenvalue weighted by Gasteiger charge is 2.16. The third-order valence-electron chi connectivity index (χ3n) is 2.92. The highest BCUT2D eigenvalue weighted by atomic mass is 35.5. The van der Waals surface area contributed by atoms with Crippen molar-refractivity contribution < 1.29 is 0 Å². The second-order valence-corrected chi connectivity index (χ2v) is 6.61. The molecule has 1 N–H and O–H groups in total. The van der Waals surface area contributed by atoms with Gasteiger partial charge in [0.25, 0.3) is 0 Å². The maximum atomic E-state index is 5.94. The van der Waals surface area contributed by atoms with Gasteiger partial charge in [0.2, 0.25) is 0 Å². The van der Waals surface area contributed by atoms with Crippen molar-refractivity contribution in [1.82, 2.24) is 15.0 Å². The molecule has 0 aliphatic heterocycles. The number of aromatic nitrogens is 3. The smallest absolute Gasteiger partial charge is 0.190 e. The molecule has 0 saturated heterocycles. The molecule has 108 valence electrons. The van der Waals surface area contributed by atoms with Crippen LogP contribution in [0.4, 0.5) is 5.82 Å². The van der Waals surface area contributed by atoms with Crippen molar-refractivity contribution in [1.29, 1.82) is 0 Å². The molecule has 20 heavy (non-hydrogen) atoms. The van der Waals surface area contributed by atoms with E-state index in [1.54, 1.807) is 6.20 Å². The predicted octanol–water partition coefficient (Wildman–Crippen LogP) is 4.51. The molecule has 0 saturated carbocycles. The van der Waals surface area contributed by atoms with Gasteiger partial charge in [0.15, 0.2) is 10.8 Å². The molecule has 0 aliphatic carbocycles. The lowest BCUT2D eigenvalue weighted by Gasteiger charge is -2.16. The SMILES string of the molecule is CCCNc1nc(-c2ncc(Cl)s2)nc(C)c1C(C)C. The summed E-state index contributed by atoms with van der Waals surface area (Å²) in [4.78, 5) is 13.5. The minimum absolute atomic E-state index is 0.378. The Morgan fingerprint density at radius 2 is 2.10 bits per heavy atom. The van der Waals surface area contributed by atoms with Gasteiger partial charge in [-0.2, -0.15) is 0 Å². The maximum Gasteiger partial charge on any atom is 0.190 e. The quantitative estimate of drug-likeness (QED) is 0.883. The number of anilines is 1. The Hall–Kier alpha value is -1.20. The van der Waals surface area contributed by atoms with Gasteiger partial charge in [-0.1, -0.05) is 43.7 Å². The largest absolute Gasteiger partial charge is 0.370 e. The summed E-state index contributed by atoms with van der Waals surface area (Å²) in [5.74, 6) is 1.93. The number of hydrogen-bond acceptors (Lipinski definition) is 5. The Morgan fingerprint density at radius 1 is 1.35 bits per heavy atom. The lowest BCUT2D eigenvalue weighted by Crippen LogP contribution is -2.10. The normalized spacial score (nSPS) is 11.1. The third-order valence-corrected chi connectivity index (χ3v) is 4.04. The molecule has 0 atom stereocenters. The van der Waals surface area contributed by atoms with E-state index in [4.69, 9.17) is 11.6 Å². The minimum Gasteiger partial charge on any atom is -0.370 e. The number of aryl methyl sites for hydroxylation is 1. The van der Waals surface area contributed by atoms with Gasteiger partial charge >= 0.3 is 0 Å². The Labute approximate surface area is 128 Å². The first-order chi connectivity index (χ1) is 9.52. The van der Waals surface area contributed by atoms with Crippen LogP contribution in [-0.4, -0.2) is 21.5 Å². The minimum atomic E-state index is 0.378. The van der Waals surface area contributed by atoms with Gasteiger partial charge in [-0.15, -0.1) is 0 Å². The second kappa shape index (κ2) is 6.50. The van der Waals surface area contributed by atoms with Crippen LogP contribution < -0.4 is 5.32 Å². The average Bonchev–Trinajstić information content (AvgIpc) is 2.81. The lowest BCUT2D eigenvalue weighted by molar-refractivity contribution is 0.826. The number of nitrogens with zero attached hydrogens (tertiary/aromatic N) is 3. The number of halogens is 1. The molecular formula is C14H19ClN4S. The standard InChI is InChI=1S/C14H19ClN4S/c1-5-6-16-12-11(8(2)3)9(4)18-13(19-12)14-17-7-10(15)20-14/h7-8H,5-6H2,1-4H3,(H,16,18,19). The zero-order valence-corrected chi connectivity index (χ0v) is 13.8. The van der Waals surface area contributed by atoms with E-state index >= 15 is 0 Å². The third kappa shape index (κ3) is 3.27. The van der Waals surface area contributed by atoms with Crippen molar-refractivity contribution in [3.63, 3.8) is 0 Å². The summed E-state index contributed by atoms with van der Waals surface area (Å²) in [6, 6.07) is 0. The van der Waals surface area contributed by atoms with Gasteiger partial charge in [-0.05, 0) is 19.3 Å². The molecule has 0 aromatic carbocycles. The first-order valence-corrected chi connectivity index (χ1v) is 7.96. The van der Waals surface area contributed by atoms with Crippen LogP contribution in [0.5, 0.6) is 0 Å². The van der Waals surface area contributed by atoms with Crippen LogP contribution >= 0.6 is 22.9 Å². The molecule has 2 aromatic rings. The summed E-state index contributed by atoms with van der Waals surface area (Å²) in [5, 5.41) is 4.15. The van der Waals surface area contributed by atoms with Crippen LogP contribution in [0.3, 0.4) is 0 Å². The Bertz CT molecular complexity index is 595. The summed E-state index contributed by atoms with van der Waals surface area (Å²) in [6.45, 7) is 9.37. The Kier molecular flexibility index (Phi) is 4.94. The summed E-state index contributed by atoms with van der Waals surface area (Å²) in [5.41, 5.74) is 2.17. The fourth-order valence-electron chi connectivity index (χ4n) is 2.10. The number of rotatable bonds is 5. The van der Waals surface area contributed by atoms with Crippen LogP contribution in [0.2, 0.25) is 4.34 Å². The van der Waals surface area contributed by atoms with Gasteiger partial charge in [0.05, 0.1) is 6.20 Å². The van der Waals surface area contributed by atoms with E-state index in [0.29, 0.717) is 16.1 Å².